The normalized spacial score (nSPS) is 13.3. The van der Waals surface area contributed by atoms with Crippen LogP contribution in [0.3, 0.4) is 0 Å². The van der Waals surface area contributed by atoms with Crippen molar-refractivity contribution >= 4 is 19.8 Å². The Bertz CT molecular complexity index is 1920. The van der Waals surface area contributed by atoms with Gasteiger partial charge in [0.25, 0.3) is 0 Å². The minimum Gasteiger partial charge on any atom is -0.462 e. The van der Waals surface area contributed by atoms with Gasteiger partial charge in [-0.3, -0.25) is 18.6 Å². The van der Waals surface area contributed by atoms with Crippen LogP contribution in [0.2, 0.25) is 0 Å². The Hall–Kier alpha value is -2.55. The summed E-state index contributed by atoms with van der Waals surface area (Å²) in [5.74, 6) is -0.774. The summed E-state index contributed by atoms with van der Waals surface area (Å²) in [4.78, 5) is 36.0. The van der Waals surface area contributed by atoms with E-state index in [0.717, 1.165) is 70.6 Å². The molecule has 0 amide bonds. The lowest BCUT2D eigenvalue weighted by Gasteiger charge is -2.24. The van der Waals surface area contributed by atoms with Crippen molar-refractivity contribution in [2.75, 3.05) is 47.5 Å². The molecular formula is C90H169NO8P+. The molecule has 0 aromatic heterocycles. The largest absolute Gasteiger partial charge is 0.472 e. The molecule has 0 aliphatic rings. The first kappa shape index (κ1) is 97.4. The average Bonchev–Trinajstić information content (AvgIpc) is 1.02. The Labute approximate surface area is 622 Å². The van der Waals surface area contributed by atoms with Crippen LogP contribution in [-0.2, 0) is 32.7 Å². The number of hydrogen-bond acceptors (Lipinski definition) is 7. The highest BCUT2D eigenvalue weighted by atomic mass is 31.2. The molecule has 100 heavy (non-hydrogen) atoms. The van der Waals surface area contributed by atoms with Crippen molar-refractivity contribution in [2.45, 2.75) is 444 Å². The molecular weight excluding hydrogens is 1250 g/mol. The van der Waals surface area contributed by atoms with E-state index in [2.05, 4.69) is 86.8 Å². The first-order valence-corrected chi connectivity index (χ1v) is 45.2. The monoisotopic (exact) mass is 1420 g/mol. The van der Waals surface area contributed by atoms with Crippen molar-refractivity contribution in [3.63, 3.8) is 0 Å². The Morgan fingerprint density at radius 2 is 0.570 bits per heavy atom. The van der Waals surface area contributed by atoms with E-state index in [4.69, 9.17) is 18.5 Å². The van der Waals surface area contributed by atoms with Crippen LogP contribution in [0, 0.1) is 0 Å². The topological polar surface area (TPSA) is 108 Å². The zero-order valence-corrected chi connectivity index (χ0v) is 68.1. The molecule has 0 aromatic rings. The molecule has 586 valence electrons. The number of unbranched alkanes of at least 4 members (excludes halogenated alkanes) is 56. The minimum atomic E-state index is -4.40. The van der Waals surface area contributed by atoms with E-state index in [0.29, 0.717) is 23.9 Å². The SMILES string of the molecule is CC/C=C\C/C=C\C/C=C\C/C=C\C/C=C\C/C=C\CCCCCCCCCCCCCCCCCCCCC(=O)OC(COC(=O)CCCCCCCCCCCCCCCCCCCCCCCCCCCCCCCCCCCCCCCCC)COP(=O)(O)OCC[N+](C)(C)C. The van der Waals surface area contributed by atoms with Crippen LogP contribution in [0.15, 0.2) is 72.9 Å². The molecule has 0 saturated carbocycles. The predicted molar refractivity (Wildman–Crippen MR) is 436 cm³/mol. The highest BCUT2D eigenvalue weighted by Crippen LogP contribution is 2.43. The zero-order valence-electron chi connectivity index (χ0n) is 67.2. The number of esters is 2. The molecule has 0 radical (unpaired) electrons. The van der Waals surface area contributed by atoms with Crippen LogP contribution in [0.25, 0.3) is 0 Å². The number of likely N-dealkylation sites (N-methyl/N-ethyl adjacent to an activating group) is 1. The Morgan fingerprint density at radius 3 is 0.850 bits per heavy atom. The molecule has 0 rings (SSSR count). The van der Waals surface area contributed by atoms with Crippen molar-refractivity contribution in [3.05, 3.63) is 72.9 Å². The molecule has 0 spiro atoms. The third-order valence-electron chi connectivity index (χ3n) is 19.8. The van der Waals surface area contributed by atoms with E-state index in [9.17, 15) is 19.0 Å². The molecule has 0 fully saturated rings. The van der Waals surface area contributed by atoms with Crippen molar-refractivity contribution in [1.82, 2.24) is 0 Å². The summed E-state index contributed by atoms with van der Waals surface area (Å²) in [7, 11) is 1.50. The first-order chi connectivity index (χ1) is 49.0. The van der Waals surface area contributed by atoms with E-state index < -0.39 is 26.5 Å². The molecule has 0 aromatic carbocycles. The fourth-order valence-electron chi connectivity index (χ4n) is 13.1. The maximum absolute atomic E-state index is 12.9. The Morgan fingerprint density at radius 1 is 0.320 bits per heavy atom. The van der Waals surface area contributed by atoms with Crippen molar-refractivity contribution in [3.8, 4) is 0 Å². The highest BCUT2D eigenvalue weighted by molar-refractivity contribution is 7.47. The predicted octanol–water partition coefficient (Wildman–Crippen LogP) is 29.4. The van der Waals surface area contributed by atoms with Crippen molar-refractivity contribution < 1.29 is 42.1 Å². The van der Waals surface area contributed by atoms with E-state index in [-0.39, 0.29) is 25.6 Å². The zero-order chi connectivity index (χ0) is 72.5. The summed E-state index contributed by atoms with van der Waals surface area (Å²) in [6, 6.07) is 0. The summed E-state index contributed by atoms with van der Waals surface area (Å²) in [5.41, 5.74) is 0. The van der Waals surface area contributed by atoms with Crippen LogP contribution in [0.1, 0.15) is 438 Å². The van der Waals surface area contributed by atoms with E-state index in [1.165, 1.54) is 334 Å². The number of nitrogens with zero attached hydrogens (tertiary/aromatic N) is 1. The molecule has 0 aliphatic carbocycles. The van der Waals surface area contributed by atoms with Crippen LogP contribution < -0.4 is 0 Å². The fourth-order valence-corrected chi connectivity index (χ4v) is 13.9. The van der Waals surface area contributed by atoms with Gasteiger partial charge < -0.3 is 18.9 Å². The second-order valence-corrected chi connectivity index (χ2v) is 32.4. The summed E-state index contributed by atoms with van der Waals surface area (Å²) in [5, 5.41) is 0. The average molecular weight is 1420 g/mol. The van der Waals surface area contributed by atoms with E-state index in [1.807, 2.05) is 21.1 Å². The molecule has 10 heteroatoms. The smallest absolute Gasteiger partial charge is 0.462 e. The minimum absolute atomic E-state index is 0.0333. The van der Waals surface area contributed by atoms with Gasteiger partial charge in [0.2, 0.25) is 0 Å². The quantitative estimate of drug-likeness (QED) is 0.0211. The van der Waals surface area contributed by atoms with Gasteiger partial charge >= 0.3 is 19.8 Å². The number of carbonyl (C=O) groups is 2. The van der Waals surface area contributed by atoms with Crippen LogP contribution in [-0.4, -0.2) is 74.9 Å². The number of quaternary nitrogens is 1. The van der Waals surface area contributed by atoms with Crippen LogP contribution >= 0.6 is 7.82 Å². The number of phosphoric acid groups is 1. The Balaban J connectivity index is 3.87. The molecule has 0 heterocycles. The summed E-state index contributed by atoms with van der Waals surface area (Å²) < 4.78 is 34.9. The standard InChI is InChI=1S/C90H168NO8P/c1-6-8-10-12-14-16-18-20-22-24-26-28-30-32-34-36-38-40-42-44-45-47-48-50-52-54-56-58-60-62-64-66-68-70-72-74-76-78-80-82-89(92)96-86-88(87-98-100(94,95)97-85-84-91(3,4)5)99-90(93)83-81-79-77-75-73-71-69-67-65-63-61-59-57-55-53-51-49-46-43-41-39-37-35-33-31-29-27-25-23-21-19-17-15-13-11-9-7-2/h9,11,15,17,21,23,27,29,33,35,39,41,88H,6-8,10,12-14,16,18-20,22,24-26,28,30-32,34,36-38,40,42-87H2,1-5H3/p+1/b11-9-,17-15-,23-21-,29-27-,35-33-,41-39-. The lowest BCUT2D eigenvalue weighted by molar-refractivity contribution is -0.870. The van der Waals surface area contributed by atoms with Gasteiger partial charge in [-0.2, -0.15) is 0 Å². The van der Waals surface area contributed by atoms with Crippen LogP contribution in [0.4, 0.5) is 0 Å². The third kappa shape index (κ3) is 84.4. The van der Waals surface area contributed by atoms with Crippen LogP contribution in [0.5, 0.6) is 0 Å². The molecule has 0 aliphatic heterocycles. The second-order valence-electron chi connectivity index (χ2n) is 30.9. The van der Waals surface area contributed by atoms with Gasteiger partial charge in [0, 0.05) is 12.8 Å². The van der Waals surface area contributed by atoms with E-state index >= 15 is 0 Å². The van der Waals surface area contributed by atoms with Gasteiger partial charge in [-0.05, 0) is 64.2 Å². The molecule has 1 N–H and O–H groups in total. The van der Waals surface area contributed by atoms with Crippen molar-refractivity contribution in [1.29, 1.82) is 0 Å². The maximum atomic E-state index is 12.9. The second kappa shape index (κ2) is 80.5. The lowest BCUT2D eigenvalue weighted by Crippen LogP contribution is -2.37. The number of rotatable bonds is 82. The van der Waals surface area contributed by atoms with Crippen molar-refractivity contribution in [2.24, 2.45) is 0 Å². The summed E-state index contributed by atoms with van der Waals surface area (Å²) in [6.07, 6.45) is 111. The summed E-state index contributed by atoms with van der Waals surface area (Å²) >= 11 is 0. The number of carbonyl (C=O) groups excluding carboxylic acids is 2. The van der Waals surface area contributed by atoms with E-state index in [1.54, 1.807) is 0 Å². The summed E-state index contributed by atoms with van der Waals surface area (Å²) in [6.45, 7) is 4.40. The van der Waals surface area contributed by atoms with Gasteiger partial charge in [-0.1, -0.05) is 433 Å². The number of phosphoric ester groups is 1. The van der Waals surface area contributed by atoms with Gasteiger partial charge in [-0.25, -0.2) is 4.57 Å². The highest BCUT2D eigenvalue weighted by Gasteiger charge is 2.27. The molecule has 2 unspecified atom stereocenters. The maximum Gasteiger partial charge on any atom is 0.472 e. The van der Waals surface area contributed by atoms with Gasteiger partial charge in [0.1, 0.15) is 19.8 Å². The first-order valence-electron chi connectivity index (χ1n) is 43.7. The molecule has 0 saturated heterocycles. The molecule has 0 bridgehead atoms. The third-order valence-corrected chi connectivity index (χ3v) is 20.7. The van der Waals surface area contributed by atoms with Gasteiger partial charge in [0.15, 0.2) is 6.10 Å². The van der Waals surface area contributed by atoms with Gasteiger partial charge in [0.05, 0.1) is 27.7 Å². The molecule has 9 nitrogen and oxygen atoms in total. The fraction of sp³-hybridized carbons (Fsp3) is 0.844. The number of hydrogen-bond donors (Lipinski definition) is 1. The number of allylic oxidation sites excluding steroid dienone is 12. The van der Waals surface area contributed by atoms with Gasteiger partial charge in [-0.15, -0.1) is 0 Å². The number of ether oxygens (including phenoxy) is 2. The molecule has 2 atom stereocenters. The lowest BCUT2D eigenvalue weighted by atomic mass is 10.0. The Kier molecular flexibility index (Phi) is 78.5.